The monoisotopic (exact) mass is 350 g/mol. The highest BCUT2D eigenvalue weighted by atomic mass is 35.5. The van der Waals surface area contributed by atoms with Gasteiger partial charge in [-0.25, -0.2) is 4.39 Å². The number of allylic oxidation sites excluding steroid dienone is 4. The molecular weight excluding hydrogens is 331 g/mol. The van der Waals surface area contributed by atoms with Gasteiger partial charge in [-0.1, -0.05) is 23.7 Å². The number of alkyl halides is 1. The summed E-state index contributed by atoms with van der Waals surface area (Å²) in [6.45, 7) is 1.27. The molecule has 3 rings (SSSR count). The Labute approximate surface area is 146 Å². The molecule has 1 aliphatic carbocycles. The number of aromatic nitrogens is 1. The Morgan fingerprint density at radius 1 is 1.38 bits per heavy atom. The summed E-state index contributed by atoms with van der Waals surface area (Å²) >= 11 is 6.09. The summed E-state index contributed by atoms with van der Waals surface area (Å²) in [6, 6.07) is 3.52. The van der Waals surface area contributed by atoms with E-state index in [1.807, 2.05) is 18.2 Å². The third-order valence-electron chi connectivity index (χ3n) is 4.24. The molecular formula is C18H20ClFN2O2. The summed E-state index contributed by atoms with van der Waals surface area (Å²) in [5.74, 6) is 0.644. The lowest BCUT2D eigenvalue weighted by Crippen LogP contribution is -2.39. The molecule has 6 heteroatoms. The summed E-state index contributed by atoms with van der Waals surface area (Å²) in [5.41, 5.74) is 1.26. The lowest BCUT2D eigenvalue weighted by Gasteiger charge is -2.28. The number of halogens is 2. The van der Waals surface area contributed by atoms with Crippen LogP contribution in [-0.2, 0) is 11.3 Å². The van der Waals surface area contributed by atoms with Crippen LogP contribution in [0.2, 0.25) is 0 Å². The fourth-order valence-corrected chi connectivity index (χ4v) is 3.01. The first kappa shape index (κ1) is 17.0. The molecule has 1 amide bonds. The first-order chi connectivity index (χ1) is 11.6. The van der Waals surface area contributed by atoms with Crippen molar-refractivity contribution < 1.29 is 13.9 Å². The summed E-state index contributed by atoms with van der Waals surface area (Å²) in [7, 11) is 0. The number of piperidine rings is 1. The molecule has 0 N–H and O–H groups in total. The molecule has 0 atom stereocenters. The van der Waals surface area contributed by atoms with Crippen molar-refractivity contribution in [1.82, 2.24) is 9.88 Å². The van der Waals surface area contributed by atoms with Crippen LogP contribution < -0.4 is 0 Å². The lowest BCUT2D eigenvalue weighted by atomic mass is 10.1. The maximum atomic E-state index is 13.2. The number of amides is 1. The van der Waals surface area contributed by atoms with Gasteiger partial charge in [-0.05, 0) is 31.4 Å². The average Bonchev–Trinajstić information content (AvgIpc) is 2.62. The van der Waals surface area contributed by atoms with Gasteiger partial charge in [0, 0.05) is 31.3 Å². The first-order valence-corrected chi connectivity index (χ1v) is 8.57. The molecule has 0 bridgehead atoms. The van der Waals surface area contributed by atoms with E-state index in [9.17, 15) is 9.18 Å². The summed E-state index contributed by atoms with van der Waals surface area (Å²) in [6.07, 6.45) is 7.24. The molecule has 0 radical (unpaired) electrons. The molecule has 1 aromatic rings. The number of rotatable bonds is 4. The number of pyridine rings is 1. The second-order valence-corrected chi connectivity index (χ2v) is 6.43. The molecule has 0 aromatic carbocycles. The molecule has 0 spiro atoms. The van der Waals surface area contributed by atoms with Gasteiger partial charge in [0.1, 0.15) is 24.2 Å². The number of ether oxygens (including phenoxy) is 1. The molecule has 0 saturated carbocycles. The van der Waals surface area contributed by atoms with Crippen LogP contribution in [0.15, 0.2) is 41.3 Å². The van der Waals surface area contributed by atoms with Gasteiger partial charge in [-0.15, -0.1) is 0 Å². The van der Waals surface area contributed by atoms with Gasteiger partial charge in [-0.3, -0.25) is 9.78 Å². The minimum absolute atomic E-state index is 0.141. The third-order valence-corrected chi connectivity index (χ3v) is 4.57. The second-order valence-electron chi connectivity index (χ2n) is 6.02. The van der Waals surface area contributed by atoms with Crippen LogP contribution in [0.3, 0.4) is 0 Å². The zero-order valence-corrected chi connectivity index (χ0v) is 14.1. The van der Waals surface area contributed by atoms with Crippen LogP contribution in [0.1, 0.15) is 41.7 Å². The van der Waals surface area contributed by atoms with Crippen molar-refractivity contribution in [2.24, 2.45) is 0 Å². The Bertz CT molecular complexity index is 649. The van der Waals surface area contributed by atoms with E-state index in [1.54, 1.807) is 17.2 Å². The molecule has 1 aromatic heterocycles. The van der Waals surface area contributed by atoms with Crippen LogP contribution in [0, 0.1) is 0 Å². The van der Waals surface area contributed by atoms with Crippen molar-refractivity contribution in [3.63, 3.8) is 0 Å². The van der Waals surface area contributed by atoms with Gasteiger partial charge in [0.05, 0.1) is 5.03 Å². The number of carbonyl (C=O) groups is 1. The van der Waals surface area contributed by atoms with Gasteiger partial charge < -0.3 is 9.64 Å². The zero-order valence-electron chi connectivity index (χ0n) is 13.4. The van der Waals surface area contributed by atoms with Gasteiger partial charge in [0.15, 0.2) is 0 Å². The maximum absolute atomic E-state index is 13.2. The van der Waals surface area contributed by atoms with Crippen molar-refractivity contribution in [2.75, 3.05) is 13.1 Å². The molecule has 4 nitrogen and oxygen atoms in total. The maximum Gasteiger partial charge on any atom is 0.272 e. The second kappa shape index (κ2) is 7.79. The third kappa shape index (κ3) is 4.15. The van der Waals surface area contributed by atoms with E-state index >= 15 is 0 Å². The van der Waals surface area contributed by atoms with Gasteiger partial charge >= 0.3 is 0 Å². The molecule has 24 heavy (non-hydrogen) atoms. The summed E-state index contributed by atoms with van der Waals surface area (Å²) in [5, 5.41) is 0.636. The van der Waals surface area contributed by atoms with Gasteiger partial charge in [0.25, 0.3) is 5.91 Å². The predicted molar refractivity (Wildman–Crippen MR) is 90.3 cm³/mol. The SMILES string of the molecule is O=C(c1ccc(COC2=C(Cl)C=CCC2)cn1)N1CCC(F)CC1. The van der Waals surface area contributed by atoms with E-state index in [4.69, 9.17) is 16.3 Å². The van der Waals surface area contributed by atoms with Crippen molar-refractivity contribution in [3.05, 3.63) is 52.5 Å². The highest BCUT2D eigenvalue weighted by Gasteiger charge is 2.23. The quantitative estimate of drug-likeness (QED) is 0.825. The highest BCUT2D eigenvalue weighted by Crippen LogP contribution is 2.24. The van der Waals surface area contributed by atoms with Gasteiger partial charge in [-0.2, -0.15) is 0 Å². The fraction of sp³-hybridized carbons (Fsp3) is 0.444. The number of hydrogen-bond donors (Lipinski definition) is 0. The number of likely N-dealkylation sites (tertiary alicyclic amines) is 1. The van der Waals surface area contributed by atoms with E-state index in [2.05, 4.69) is 4.98 Å². The van der Waals surface area contributed by atoms with E-state index in [0.29, 0.717) is 43.3 Å². The zero-order chi connectivity index (χ0) is 16.9. The molecule has 1 saturated heterocycles. The fourth-order valence-electron chi connectivity index (χ4n) is 2.77. The van der Waals surface area contributed by atoms with E-state index in [-0.39, 0.29) is 5.91 Å². The van der Waals surface area contributed by atoms with Crippen LogP contribution in [0.25, 0.3) is 0 Å². The number of hydrogen-bond acceptors (Lipinski definition) is 3. The number of nitrogens with zero attached hydrogens (tertiary/aromatic N) is 2. The van der Waals surface area contributed by atoms with Gasteiger partial charge in [0.2, 0.25) is 0 Å². The van der Waals surface area contributed by atoms with Crippen LogP contribution >= 0.6 is 11.6 Å². The Hall–Kier alpha value is -1.88. The van der Waals surface area contributed by atoms with Crippen LogP contribution in [0.5, 0.6) is 0 Å². The minimum Gasteiger partial charge on any atom is -0.492 e. The standard InChI is InChI=1S/C18H20ClFN2O2/c19-15-3-1-2-4-17(15)24-12-13-5-6-16(21-11-13)18(23)22-9-7-14(20)8-10-22/h1,3,5-6,11,14H,2,4,7-10,12H2. The van der Waals surface area contributed by atoms with E-state index in [1.165, 1.54) is 0 Å². The Balaban J connectivity index is 1.57. The Morgan fingerprint density at radius 3 is 2.83 bits per heavy atom. The average molecular weight is 351 g/mol. The summed E-state index contributed by atoms with van der Waals surface area (Å²) < 4.78 is 18.9. The lowest BCUT2D eigenvalue weighted by molar-refractivity contribution is 0.0661. The normalized spacial score (nSPS) is 18.8. The largest absolute Gasteiger partial charge is 0.492 e. The molecule has 2 heterocycles. The van der Waals surface area contributed by atoms with E-state index in [0.717, 1.165) is 24.2 Å². The van der Waals surface area contributed by atoms with Crippen molar-refractivity contribution in [2.45, 2.75) is 38.5 Å². The smallest absolute Gasteiger partial charge is 0.272 e. The van der Waals surface area contributed by atoms with Crippen molar-refractivity contribution in [1.29, 1.82) is 0 Å². The minimum atomic E-state index is -0.794. The van der Waals surface area contributed by atoms with Crippen molar-refractivity contribution in [3.8, 4) is 0 Å². The van der Waals surface area contributed by atoms with Crippen molar-refractivity contribution >= 4 is 17.5 Å². The number of carbonyl (C=O) groups excluding carboxylic acids is 1. The molecule has 1 fully saturated rings. The summed E-state index contributed by atoms with van der Waals surface area (Å²) in [4.78, 5) is 18.2. The van der Waals surface area contributed by atoms with Crippen LogP contribution in [0.4, 0.5) is 4.39 Å². The highest BCUT2D eigenvalue weighted by molar-refractivity contribution is 6.31. The van der Waals surface area contributed by atoms with Crippen LogP contribution in [-0.4, -0.2) is 35.1 Å². The Kier molecular flexibility index (Phi) is 5.51. The molecule has 0 unspecified atom stereocenters. The molecule has 1 aliphatic heterocycles. The molecule has 128 valence electrons. The topological polar surface area (TPSA) is 42.4 Å². The molecule has 2 aliphatic rings. The Morgan fingerprint density at radius 2 is 2.17 bits per heavy atom. The predicted octanol–water partition coefficient (Wildman–Crippen LogP) is 3.97. The van der Waals surface area contributed by atoms with E-state index < -0.39 is 6.17 Å². The first-order valence-electron chi connectivity index (χ1n) is 8.20.